The van der Waals surface area contributed by atoms with Crippen molar-refractivity contribution < 1.29 is 8.42 Å². The minimum Gasteiger partial charge on any atom is -0.329 e. The summed E-state index contributed by atoms with van der Waals surface area (Å²) in [5.41, 5.74) is 6.90. The van der Waals surface area contributed by atoms with Crippen molar-refractivity contribution in [3.63, 3.8) is 0 Å². The van der Waals surface area contributed by atoms with Crippen LogP contribution in [0.25, 0.3) is 0 Å². The van der Waals surface area contributed by atoms with Gasteiger partial charge in [0.05, 0.1) is 4.90 Å². The molecule has 3 nitrogen and oxygen atoms in total. The second-order valence-electron chi connectivity index (χ2n) is 4.64. The van der Waals surface area contributed by atoms with Crippen molar-refractivity contribution >= 4 is 33.2 Å². The Balaban J connectivity index is 2.19. The Hall–Kier alpha value is -1.01. The molecule has 2 aromatic carbocycles. The van der Waals surface area contributed by atoms with Crippen molar-refractivity contribution in [2.45, 2.75) is 15.0 Å². The summed E-state index contributed by atoms with van der Waals surface area (Å²) in [5.74, 6) is 0. The minimum atomic E-state index is -3.16. The van der Waals surface area contributed by atoms with E-state index in [9.17, 15) is 8.42 Å². The second kappa shape index (κ2) is 6.83. The van der Waals surface area contributed by atoms with Gasteiger partial charge >= 0.3 is 0 Å². The van der Waals surface area contributed by atoms with Gasteiger partial charge in [-0.15, -0.1) is 11.8 Å². The summed E-state index contributed by atoms with van der Waals surface area (Å²) in [6.45, 7) is 0.471. The maximum absolute atomic E-state index is 11.4. The number of hydrogen-bond acceptors (Lipinski definition) is 4. The van der Waals surface area contributed by atoms with E-state index in [0.29, 0.717) is 16.5 Å². The predicted molar refractivity (Wildman–Crippen MR) is 88.7 cm³/mol. The van der Waals surface area contributed by atoms with Gasteiger partial charge in [0.1, 0.15) is 0 Å². The number of halogens is 1. The minimum absolute atomic E-state index is 0.0767. The van der Waals surface area contributed by atoms with Crippen LogP contribution in [-0.4, -0.2) is 21.2 Å². The third-order valence-electron chi connectivity index (χ3n) is 2.96. The van der Waals surface area contributed by atoms with Gasteiger partial charge in [0.15, 0.2) is 9.84 Å². The van der Waals surface area contributed by atoms with E-state index in [-0.39, 0.29) is 5.25 Å². The summed E-state index contributed by atoms with van der Waals surface area (Å²) in [4.78, 5) is 1.29. The summed E-state index contributed by atoms with van der Waals surface area (Å²) >= 11 is 7.59. The van der Waals surface area contributed by atoms with Gasteiger partial charge < -0.3 is 5.73 Å². The van der Waals surface area contributed by atoms with Crippen LogP contribution in [0, 0.1) is 0 Å². The molecule has 0 aliphatic heterocycles. The molecule has 0 aromatic heterocycles. The van der Waals surface area contributed by atoms with Crippen LogP contribution >= 0.6 is 23.4 Å². The van der Waals surface area contributed by atoms with E-state index >= 15 is 0 Å². The molecule has 0 radical (unpaired) electrons. The predicted octanol–water partition coefficient (Wildman–Crippen LogP) is 3.54. The molecular weight excluding hydrogens is 326 g/mol. The van der Waals surface area contributed by atoms with Gasteiger partial charge in [-0.1, -0.05) is 23.7 Å². The van der Waals surface area contributed by atoms with Crippen molar-refractivity contribution in [1.29, 1.82) is 0 Å². The van der Waals surface area contributed by atoms with Crippen LogP contribution in [0.1, 0.15) is 10.8 Å². The van der Waals surface area contributed by atoms with E-state index in [4.69, 9.17) is 17.3 Å². The molecule has 0 saturated carbocycles. The number of rotatable bonds is 5. The van der Waals surface area contributed by atoms with Crippen LogP contribution in [0.5, 0.6) is 0 Å². The number of sulfone groups is 1. The van der Waals surface area contributed by atoms with Gasteiger partial charge in [-0.05, 0) is 42.0 Å². The molecule has 21 heavy (non-hydrogen) atoms. The first-order valence-electron chi connectivity index (χ1n) is 6.32. The topological polar surface area (TPSA) is 60.2 Å². The lowest BCUT2D eigenvalue weighted by molar-refractivity contribution is 0.602. The van der Waals surface area contributed by atoms with Gasteiger partial charge in [0.2, 0.25) is 0 Å². The van der Waals surface area contributed by atoms with Crippen molar-refractivity contribution in [2.24, 2.45) is 5.73 Å². The van der Waals surface area contributed by atoms with Crippen LogP contribution in [0.3, 0.4) is 0 Å². The highest BCUT2D eigenvalue weighted by molar-refractivity contribution is 7.99. The highest BCUT2D eigenvalue weighted by atomic mass is 35.5. The lowest BCUT2D eigenvalue weighted by Gasteiger charge is -2.15. The fourth-order valence-electron chi connectivity index (χ4n) is 1.89. The maximum atomic E-state index is 11.4. The number of nitrogens with two attached hydrogens (primary N) is 1. The van der Waals surface area contributed by atoms with E-state index in [0.717, 1.165) is 10.5 Å². The Morgan fingerprint density at radius 3 is 2.38 bits per heavy atom. The maximum Gasteiger partial charge on any atom is 0.175 e. The molecule has 0 bridgehead atoms. The first-order chi connectivity index (χ1) is 9.90. The lowest BCUT2D eigenvalue weighted by Crippen LogP contribution is -2.09. The zero-order chi connectivity index (χ0) is 15.5. The fraction of sp³-hybridized carbons (Fsp3) is 0.200. The molecule has 0 fully saturated rings. The summed E-state index contributed by atoms with van der Waals surface area (Å²) in [6, 6.07) is 14.4. The molecule has 0 spiro atoms. The molecule has 1 atom stereocenters. The number of benzene rings is 2. The van der Waals surface area contributed by atoms with Gasteiger partial charge in [-0.25, -0.2) is 8.42 Å². The summed E-state index contributed by atoms with van der Waals surface area (Å²) in [6.07, 6.45) is 1.20. The standard InChI is InChI=1S/C15H16ClNO2S2/c1-21(18,19)14-7-5-13(6-8-14)20-15(10-17)11-3-2-4-12(16)9-11/h2-9,15H,10,17H2,1H3. The molecule has 0 aliphatic rings. The molecule has 2 rings (SSSR count). The monoisotopic (exact) mass is 341 g/mol. The van der Waals surface area contributed by atoms with Crippen LogP contribution in [0.2, 0.25) is 5.02 Å². The first-order valence-corrected chi connectivity index (χ1v) is 9.47. The Morgan fingerprint density at radius 1 is 1.19 bits per heavy atom. The molecule has 6 heteroatoms. The average molecular weight is 342 g/mol. The summed E-state index contributed by atoms with van der Waals surface area (Å²) in [7, 11) is -3.16. The van der Waals surface area contributed by atoms with Crippen LogP contribution < -0.4 is 5.73 Å². The Labute approximate surface area is 134 Å². The molecular formula is C15H16ClNO2S2. The van der Waals surface area contributed by atoms with Crippen LogP contribution in [0.15, 0.2) is 58.3 Å². The van der Waals surface area contributed by atoms with Crippen molar-refractivity contribution in [3.05, 3.63) is 59.1 Å². The number of thioether (sulfide) groups is 1. The molecule has 0 amide bonds. The molecule has 0 aliphatic carbocycles. The Kier molecular flexibility index (Phi) is 5.32. The first kappa shape index (κ1) is 16.4. The lowest BCUT2D eigenvalue weighted by atomic mass is 10.1. The van der Waals surface area contributed by atoms with Gasteiger partial charge in [0.25, 0.3) is 0 Å². The van der Waals surface area contributed by atoms with E-state index in [1.54, 1.807) is 36.0 Å². The summed E-state index contributed by atoms with van der Waals surface area (Å²) < 4.78 is 22.9. The third-order valence-corrected chi connectivity index (χ3v) is 5.62. The summed E-state index contributed by atoms with van der Waals surface area (Å²) in [5, 5.41) is 0.756. The average Bonchev–Trinajstić information content (AvgIpc) is 2.44. The van der Waals surface area contributed by atoms with Gasteiger partial charge in [-0.3, -0.25) is 0 Å². The zero-order valence-electron chi connectivity index (χ0n) is 11.5. The molecule has 1 unspecified atom stereocenters. The largest absolute Gasteiger partial charge is 0.329 e. The normalized spacial score (nSPS) is 13.1. The Bertz CT molecular complexity index is 715. The zero-order valence-corrected chi connectivity index (χ0v) is 13.9. The second-order valence-corrected chi connectivity index (χ2v) is 8.37. The van der Waals surface area contributed by atoms with E-state index in [1.165, 1.54) is 6.26 Å². The quantitative estimate of drug-likeness (QED) is 0.845. The van der Waals surface area contributed by atoms with Crippen LogP contribution in [0.4, 0.5) is 0 Å². The molecule has 0 saturated heterocycles. The third kappa shape index (κ3) is 4.48. The van der Waals surface area contributed by atoms with Crippen molar-refractivity contribution in [3.8, 4) is 0 Å². The highest BCUT2D eigenvalue weighted by Gasteiger charge is 2.13. The smallest absolute Gasteiger partial charge is 0.175 e. The van der Waals surface area contributed by atoms with Gasteiger partial charge in [-0.2, -0.15) is 0 Å². The number of hydrogen-bond donors (Lipinski definition) is 1. The highest BCUT2D eigenvalue weighted by Crippen LogP contribution is 2.35. The van der Waals surface area contributed by atoms with Gasteiger partial charge in [0, 0.05) is 28.0 Å². The van der Waals surface area contributed by atoms with E-state index in [2.05, 4.69) is 0 Å². The van der Waals surface area contributed by atoms with Crippen molar-refractivity contribution in [1.82, 2.24) is 0 Å². The SMILES string of the molecule is CS(=O)(=O)c1ccc(SC(CN)c2cccc(Cl)c2)cc1. The molecule has 0 heterocycles. The molecule has 2 N–H and O–H groups in total. The van der Waals surface area contributed by atoms with E-state index in [1.807, 2.05) is 24.3 Å². The molecule has 2 aromatic rings. The van der Waals surface area contributed by atoms with E-state index < -0.39 is 9.84 Å². The van der Waals surface area contributed by atoms with Crippen LogP contribution in [-0.2, 0) is 9.84 Å². The molecule has 112 valence electrons. The Morgan fingerprint density at radius 2 is 1.86 bits per heavy atom. The van der Waals surface area contributed by atoms with Crippen molar-refractivity contribution in [2.75, 3.05) is 12.8 Å². The fourth-order valence-corrected chi connectivity index (χ4v) is 3.72.